The molecule has 0 aromatic heterocycles. The lowest BCUT2D eigenvalue weighted by Gasteiger charge is -2.37. The van der Waals surface area contributed by atoms with E-state index in [4.69, 9.17) is 17.3 Å². The minimum atomic E-state index is 0.171. The first-order chi connectivity index (χ1) is 7.86. The van der Waals surface area contributed by atoms with Crippen molar-refractivity contribution in [2.24, 2.45) is 11.1 Å². The Balaban J connectivity index is 2.78. The Morgan fingerprint density at radius 3 is 2.35 bits per heavy atom. The van der Waals surface area contributed by atoms with E-state index < -0.39 is 0 Å². The molecule has 0 saturated heterocycles. The highest BCUT2D eigenvalue weighted by Gasteiger charge is 2.27. The summed E-state index contributed by atoms with van der Waals surface area (Å²) >= 11 is 6.17. The molecule has 0 bridgehead atoms. The van der Waals surface area contributed by atoms with Crippen molar-refractivity contribution in [3.63, 3.8) is 0 Å². The van der Waals surface area contributed by atoms with Crippen LogP contribution in [0.1, 0.15) is 26.3 Å². The van der Waals surface area contributed by atoms with E-state index in [-0.39, 0.29) is 5.41 Å². The number of benzene rings is 1. The Bertz CT molecular complexity index is 357. The third-order valence-electron chi connectivity index (χ3n) is 3.13. The molecule has 2 N–H and O–H groups in total. The number of nitrogens with two attached hydrogens (primary N) is 1. The van der Waals surface area contributed by atoms with Crippen LogP contribution in [0.5, 0.6) is 0 Å². The van der Waals surface area contributed by atoms with E-state index in [0.717, 1.165) is 17.1 Å². The minimum absolute atomic E-state index is 0.171. The Hall–Kier alpha value is -0.570. The van der Waals surface area contributed by atoms with Gasteiger partial charge in [0.1, 0.15) is 0 Å². The van der Waals surface area contributed by atoms with E-state index >= 15 is 0 Å². The molecule has 0 fully saturated rings. The average Bonchev–Trinajstić information content (AvgIpc) is 2.20. The fraction of sp³-hybridized carbons (Fsp3) is 0.571. The number of nitrogens with zero attached hydrogens (tertiary/aromatic N) is 1. The quantitative estimate of drug-likeness (QED) is 0.895. The Morgan fingerprint density at radius 2 is 1.88 bits per heavy atom. The predicted molar refractivity (Wildman–Crippen MR) is 75.2 cm³/mol. The summed E-state index contributed by atoms with van der Waals surface area (Å²) in [7, 11) is 2.10. The average molecular weight is 255 g/mol. The maximum atomic E-state index is 6.17. The molecule has 1 aromatic rings. The van der Waals surface area contributed by atoms with Crippen molar-refractivity contribution in [2.75, 3.05) is 13.6 Å². The lowest BCUT2D eigenvalue weighted by molar-refractivity contribution is 0.125. The number of halogens is 1. The van der Waals surface area contributed by atoms with Gasteiger partial charge in [-0.2, -0.15) is 0 Å². The molecule has 3 heteroatoms. The third kappa shape index (κ3) is 3.98. The highest BCUT2D eigenvalue weighted by Crippen LogP contribution is 2.25. The van der Waals surface area contributed by atoms with Gasteiger partial charge in [0.15, 0.2) is 0 Å². The fourth-order valence-corrected chi connectivity index (χ4v) is 2.40. The van der Waals surface area contributed by atoms with E-state index in [1.165, 1.54) is 0 Å². The van der Waals surface area contributed by atoms with Gasteiger partial charge in [0, 0.05) is 24.2 Å². The second-order valence-corrected chi connectivity index (χ2v) is 6.03. The zero-order chi connectivity index (χ0) is 13.1. The first kappa shape index (κ1) is 14.5. The van der Waals surface area contributed by atoms with Crippen LogP contribution in [-0.4, -0.2) is 24.5 Å². The number of rotatable bonds is 4. The zero-order valence-electron chi connectivity index (χ0n) is 11.2. The van der Waals surface area contributed by atoms with Crippen molar-refractivity contribution < 1.29 is 0 Å². The van der Waals surface area contributed by atoms with Crippen molar-refractivity contribution in [1.82, 2.24) is 4.90 Å². The van der Waals surface area contributed by atoms with Crippen molar-refractivity contribution in [3.05, 3.63) is 34.9 Å². The molecule has 0 aliphatic heterocycles. The van der Waals surface area contributed by atoms with E-state index in [2.05, 4.69) is 38.8 Å². The summed E-state index contributed by atoms with van der Waals surface area (Å²) in [5.74, 6) is 0. The topological polar surface area (TPSA) is 29.3 Å². The smallest absolute Gasteiger partial charge is 0.0451 e. The molecule has 0 spiro atoms. The van der Waals surface area contributed by atoms with Crippen molar-refractivity contribution in [3.8, 4) is 0 Å². The van der Waals surface area contributed by atoms with Gasteiger partial charge in [-0.1, -0.05) is 50.6 Å². The SMILES string of the molecule is CN(Cc1ccccc1Cl)C(CN)C(C)(C)C. The predicted octanol–water partition coefficient (Wildman–Crippen LogP) is 3.15. The zero-order valence-corrected chi connectivity index (χ0v) is 12.0. The third-order valence-corrected chi connectivity index (χ3v) is 3.50. The maximum Gasteiger partial charge on any atom is 0.0451 e. The van der Waals surface area contributed by atoms with Crippen LogP contribution in [-0.2, 0) is 6.54 Å². The molecule has 17 heavy (non-hydrogen) atoms. The summed E-state index contributed by atoms with van der Waals surface area (Å²) in [5.41, 5.74) is 7.20. The van der Waals surface area contributed by atoms with Gasteiger partial charge < -0.3 is 5.73 Å². The van der Waals surface area contributed by atoms with Crippen LogP contribution in [0.4, 0.5) is 0 Å². The molecule has 0 heterocycles. The second kappa shape index (κ2) is 5.85. The highest BCUT2D eigenvalue weighted by molar-refractivity contribution is 6.31. The maximum absolute atomic E-state index is 6.17. The Labute approximate surface area is 110 Å². The van der Waals surface area contributed by atoms with E-state index in [1.54, 1.807) is 0 Å². The molecule has 2 nitrogen and oxygen atoms in total. The lowest BCUT2D eigenvalue weighted by atomic mass is 9.85. The molecule has 1 rings (SSSR count). The van der Waals surface area contributed by atoms with Crippen LogP contribution in [0.15, 0.2) is 24.3 Å². The van der Waals surface area contributed by atoms with Crippen LogP contribution in [0.25, 0.3) is 0 Å². The summed E-state index contributed by atoms with van der Waals surface area (Å²) in [6, 6.07) is 8.31. The molecule has 96 valence electrons. The van der Waals surface area contributed by atoms with Crippen molar-refractivity contribution >= 4 is 11.6 Å². The molecular formula is C14H23ClN2. The monoisotopic (exact) mass is 254 g/mol. The second-order valence-electron chi connectivity index (χ2n) is 5.62. The van der Waals surface area contributed by atoms with Crippen LogP contribution in [0, 0.1) is 5.41 Å². The minimum Gasteiger partial charge on any atom is -0.329 e. The fourth-order valence-electron chi connectivity index (χ4n) is 2.20. The summed E-state index contributed by atoms with van der Waals surface area (Å²) in [6.45, 7) is 8.14. The molecule has 1 aromatic carbocycles. The van der Waals surface area contributed by atoms with Gasteiger partial charge in [0.2, 0.25) is 0 Å². The van der Waals surface area contributed by atoms with Gasteiger partial charge in [-0.15, -0.1) is 0 Å². The van der Waals surface area contributed by atoms with Crippen LogP contribution < -0.4 is 5.73 Å². The molecule has 1 unspecified atom stereocenters. The van der Waals surface area contributed by atoms with Crippen LogP contribution in [0.2, 0.25) is 5.02 Å². The van der Waals surface area contributed by atoms with E-state index in [1.807, 2.05) is 18.2 Å². The van der Waals surface area contributed by atoms with E-state index in [9.17, 15) is 0 Å². The van der Waals surface area contributed by atoms with Gasteiger partial charge in [0.25, 0.3) is 0 Å². The molecular weight excluding hydrogens is 232 g/mol. The lowest BCUT2D eigenvalue weighted by Crippen LogP contribution is -2.46. The van der Waals surface area contributed by atoms with Gasteiger partial charge in [-0.05, 0) is 24.1 Å². The number of likely N-dealkylation sites (N-methyl/N-ethyl adjacent to an activating group) is 1. The van der Waals surface area contributed by atoms with Crippen LogP contribution in [0.3, 0.4) is 0 Å². The summed E-state index contributed by atoms with van der Waals surface area (Å²) in [6.07, 6.45) is 0. The Morgan fingerprint density at radius 1 is 1.29 bits per heavy atom. The molecule has 0 radical (unpaired) electrons. The van der Waals surface area contributed by atoms with Crippen molar-refractivity contribution in [2.45, 2.75) is 33.4 Å². The van der Waals surface area contributed by atoms with Gasteiger partial charge in [0.05, 0.1) is 0 Å². The largest absolute Gasteiger partial charge is 0.329 e. The molecule has 0 aliphatic carbocycles. The molecule has 0 saturated carbocycles. The van der Waals surface area contributed by atoms with Crippen molar-refractivity contribution in [1.29, 1.82) is 0 Å². The molecule has 0 amide bonds. The summed E-state index contributed by atoms with van der Waals surface area (Å²) < 4.78 is 0. The normalized spacial score (nSPS) is 14.1. The first-order valence-corrected chi connectivity index (χ1v) is 6.37. The molecule has 1 atom stereocenters. The number of hydrogen-bond acceptors (Lipinski definition) is 2. The van der Waals surface area contributed by atoms with Gasteiger partial charge in [-0.25, -0.2) is 0 Å². The Kier molecular flexibility index (Phi) is 4.99. The number of hydrogen-bond donors (Lipinski definition) is 1. The van der Waals surface area contributed by atoms with Gasteiger partial charge in [-0.3, -0.25) is 4.90 Å². The van der Waals surface area contributed by atoms with Gasteiger partial charge >= 0.3 is 0 Å². The first-order valence-electron chi connectivity index (χ1n) is 6.00. The summed E-state index contributed by atoms with van der Waals surface area (Å²) in [5, 5.41) is 0.823. The van der Waals surface area contributed by atoms with Crippen LogP contribution >= 0.6 is 11.6 Å². The molecule has 0 aliphatic rings. The standard InChI is InChI=1S/C14H23ClN2/c1-14(2,3)13(9-16)17(4)10-11-7-5-6-8-12(11)15/h5-8,13H,9-10,16H2,1-4H3. The summed E-state index contributed by atoms with van der Waals surface area (Å²) in [4.78, 5) is 2.28. The van der Waals surface area contributed by atoms with E-state index in [0.29, 0.717) is 12.6 Å². The highest BCUT2D eigenvalue weighted by atomic mass is 35.5.